The molecule has 0 amide bonds. The smallest absolute Gasteiger partial charge is 0.165 e. The van der Waals surface area contributed by atoms with Crippen LogP contribution in [0.3, 0.4) is 0 Å². The van der Waals surface area contributed by atoms with Gasteiger partial charge in [-0.15, -0.1) is 0 Å². The molecule has 0 bridgehead atoms. The number of benzene rings is 2. The molecule has 19 heavy (non-hydrogen) atoms. The Morgan fingerprint density at radius 3 is 2.21 bits per heavy atom. The molecule has 2 nitrogen and oxygen atoms in total. The van der Waals surface area contributed by atoms with Gasteiger partial charge in [0, 0.05) is 25.3 Å². The van der Waals surface area contributed by atoms with Crippen molar-refractivity contribution in [2.45, 2.75) is 0 Å². The summed E-state index contributed by atoms with van der Waals surface area (Å²) in [6.45, 7) is 0. The van der Waals surface area contributed by atoms with Crippen LogP contribution in [0, 0.1) is 0 Å². The Bertz CT molecular complexity index is 547. The van der Waals surface area contributed by atoms with E-state index in [1.807, 2.05) is 49.3 Å². The van der Waals surface area contributed by atoms with E-state index in [0.717, 1.165) is 11.9 Å². The van der Waals surface area contributed by atoms with E-state index in [2.05, 4.69) is 0 Å². The van der Waals surface area contributed by atoms with Gasteiger partial charge in [-0.2, -0.15) is 0 Å². The molecule has 0 aromatic heterocycles. The van der Waals surface area contributed by atoms with Crippen LogP contribution in [-0.2, 0) is 0 Å². The normalized spacial score (nSPS) is 11.2. The van der Waals surface area contributed by atoms with Crippen molar-refractivity contribution in [3.63, 3.8) is 0 Å². The zero-order valence-corrected chi connectivity index (χ0v) is 11.0. The van der Waals surface area contributed by atoms with E-state index in [9.17, 15) is 4.39 Å². The Hall–Kier alpha value is -2.29. The number of hydrogen-bond donors (Lipinski definition) is 0. The number of rotatable bonds is 4. The zero-order valence-electron chi connectivity index (χ0n) is 11.0. The Balaban J connectivity index is 2.06. The van der Waals surface area contributed by atoms with Crippen LogP contribution in [0.5, 0.6) is 5.75 Å². The van der Waals surface area contributed by atoms with Crippen molar-refractivity contribution in [2.24, 2.45) is 0 Å². The molecule has 0 N–H and O–H groups in total. The van der Waals surface area contributed by atoms with Gasteiger partial charge in [0.25, 0.3) is 0 Å². The molecular formula is C16H16FNO. The summed E-state index contributed by atoms with van der Waals surface area (Å²) in [4.78, 5) is 1.99. The summed E-state index contributed by atoms with van der Waals surface area (Å²) in [7, 11) is 3.93. The van der Waals surface area contributed by atoms with Crippen molar-refractivity contribution in [3.8, 4) is 5.75 Å². The molecule has 0 aliphatic heterocycles. The van der Waals surface area contributed by atoms with Crippen LogP contribution in [0.15, 0.2) is 60.9 Å². The van der Waals surface area contributed by atoms with E-state index in [4.69, 9.17) is 4.74 Å². The maximum absolute atomic E-state index is 13.8. The van der Waals surface area contributed by atoms with Crippen LogP contribution < -0.4 is 9.64 Å². The monoisotopic (exact) mass is 257 g/mol. The van der Waals surface area contributed by atoms with E-state index in [1.54, 1.807) is 24.3 Å². The van der Waals surface area contributed by atoms with Gasteiger partial charge in [0.1, 0.15) is 12.0 Å². The molecule has 0 fully saturated rings. The maximum atomic E-state index is 13.8. The van der Waals surface area contributed by atoms with Crippen LogP contribution in [-0.4, -0.2) is 14.1 Å². The van der Waals surface area contributed by atoms with Crippen LogP contribution in [0.1, 0.15) is 5.56 Å². The first-order valence-electron chi connectivity index (χ1n) is 6.02. The molecule has 98 valence electrons. The molecule has 2 rings (SSSR count). The van der Waals surface area contributed by atoms with Crippen molar-refractivity contribution in [3.05, 3.63) is 66.4 Å². The Morgan fingerprint density at radius 2 is 1.63 bits per heavy atom. The van der Waals surface area contributed by atoms with Crippen LogP contribution in [0.4, 0.5) is 10.1 Å². The average molecular weight is 257 g/mol. The van der Waals surface area contributed by atoms with Gasteiger partial charge in [0.2, 0.25) is 0 Å². The third-order valence-corrected chi connectivity index (χ3v) is 2.70. The molecule has 2 aromatic carbocycles. The average Bonchev–Trinajstić information content (AvgIpc) is 2.46. The number of halogens is 1. The molecule has 3 heteroatoms. The highest BCUT2D eigenvalue weighted by molar-refractivity contribution is 5.58. The first kappa shape index (κ1) is 13.1. The summed E-state index contributed by atoms with van der Waals surface area (Å²) in [5.41, 5.74) is 1.58. The second kappa shape index (κ2) is 6.05. The second-order valence-corrected chi connectivity index (χ2v) is 4.34. The highest BCUT2D eigenvalue weighted by Crippen LogP contribution is 2.20. The molecule has 0 aliphatic rings. The van der Waals surface area contributed by atoms with E-state index >= 15 is 0 Å². The number of hydrogen-bond acceptors (Lipinski definition) is 2. The lowest BCUT2D eigenvalue weighted by Crippen LogP contribution is -2.07. The topological polar surface area (TPSA) is 12.5 Å². The van der Waals surface area contributed by atoms with E-state index in [1.165, 1.54) is 0 Å². The maximum Gasteiger partial charge on any atom is 0.165 e. The molecule has 2 aromatic rings. The predicted molar refractivity (Wildman–Crippen MR) is 76.9 cm³/mol. The molecule has 0 saturated carbocycles. The molecule has 0 radical (unpaired) electrons. The minimum atomic E-state index is -0.391. The van der Waals surface area contributed by atoms with Gasteiger partial charge in [-0.3, -0.25) is 0 Å². The van der Waals surface area contributed by atoms with E-state index in [-0.39, 0.29) is 0 Å². The van der Waals surface area contributed by atoms with Crippen molar-refractivity contribution in [1.29, 1.82) is 0 Å². The van der Waals surface area contributed by atoms with Crippen LogP contribution in [0.2, 0.25) is 0 Å². The molecule has 0 heterocycles. The van der Waals surface area contributed by atoms with Crippen molar-refractivity contribution < 1.29 is 9.13 Å². The fourth-order valence-electron chi connectivity index (χ4n) is 1.61. The van der Waals surface area contributed by atoms with Crippen molar-refractivity contribution in [1.82, 2.24) is 0 Å². The highest BCUT2D eigenvalue weighted by Gasteiger charge is 2.00. The minimum absolute atomic E-state index is 0.391. The Labute approximate surface area is 112 Å². The first-order valence-corrected chi connectivity index (χ1v) is 6.02. The summed E-state index contributed by atoms with van der Waals surface area (Å²) in [6.07, 6.45) is 1.12. The number of anilines is 1. The quantitative estimate of drug-likeness (QED) is 0.765. The summed E-state index contributed by atoms with van der Waals surface area (Å²) in [6, 6.07) is 16.3. The minimum Gasteiger partial charge on any atom is -0.462 e. The van der Waals surface area contributed by atoms with Gasteiger partial charge in [-0.1, -0.05) is 30.3 Å². The standard InChI is InChI=1S/C16H16FNO/c1-18(2)14-8-10-15(11-9-14)19-12-16(17)13-6-4-3-5-7-13/h3-12H,1-2H3/b16-12-. The van der Waals surface area contributed by atoms with Gasteiger partial charge in [-0.05, 0) is 24.3 Å². The van der Waals surface area contributed by atoms with Crippen LogP contribution in [0.25, 0.3) is 5.83 Å². The fraction of sp³-hybridized carbons (Fsp3) is 0.125. The van der Waals surface area contributed by atoms with Crippen molar-refractivity contribution in [2.75, 3.05) is 19.0 Å². The summed E-state index contributed by atoms with van der Waals surface area (Å²) in [5.74, 6) is 0.217. The lowest BCUT2D eigenvalue weighted by molar-refractivity contribution is 0.473. The SMILES string of the molecule is CN(C)c1ccc(O/C=C(\F)c2ccccc2)cc1. The molecule has 0 spiro atoms. The fourth-order valence-corrected chi connectivity index (χ4v) is 1.61. The number of nitrogens with zero attached hydrogens (tertiary/aromatic N) is 1. The Kier molecular flexibility index (Phi) is 4.18. The number of ether oxygens (including phenoxy) is 1. The van der Waals surface area contributed by atoms with E-state index < -0.39 is 5.83 Å². The van der Waals surface area contributed by atoms with Gasteiger partial charge in [-0.25, -0.2) is 4.39 Å². The van der Waals surface area contributed by atoms with Gasteiger partial charge in [0.05, 0.1) is 0 Å². The predicted octanol–water partition coefficient (Wildman–Crippen LogP) is 4.10. The summed E-state index contributed by atoms with van der Waals surface area (Å²) in [5, 5.41) is 0. The molecule has 0 unspecified atom stereocenters. The van der Waals surface area contributed by atoms with Gasteiger partial charge >= 0.3 is 0 Å². The third kappa shape index (κ3) is 3.58. The Morgan fingerprint density at radius 1 is 1.00 bits per heavy atom. The third-order valence-electron chi connectivity index (χ3n) is 2.70. The van der Waals surface area contributed by atoms with Gasteiger partial charge in [0.15, 0.2) is 5.83 Å². The molecule has 0 atom stereocenters. The molecule has 0 saturated heterocycles. The lowest BCUT2D eigenvalue weighted by atomic mass is 10.2. The van der Waals surface area contributed by atoms with E-state index in [0.29, 0.717) is 11.3 Å². The highest BCUT2D eigenvalue weighted by atomic mass is 19.1. The zero-order chi connectivity index (χ0) is 13.7. The van der Waals surface area contributed by atoms with Crippen LogP contribution >= 0.6 is 0 Å². The first-order chi connectivity index (χ1) is 9.16. The second-order valence-electron chi connectivity index (χ2n) is 4.34. The summed E-state index contributed by atoms with van der Waals surface area (Å²) < 4.78 is 19.1. The molecule has 0 aliphatic carbocycles. The van der Waals surface area contributed by atoms with Gasteiger partial charge < -0.3 is 9.64 Å². The largest absolute Gasteiger partial charge is 0.462 e. The summed E-state index contributed by atoms with van der Waals surface area (Å²) >= 11 is 0. The van der Waals surface area contributed by atoms with Crippen molar-refractivity contribution >= 4 is 11.5 Å². The lowest BCUT2D eigenvalue weighted by Gasteiger charge is -2.12. The molecular weight excluding hydrogens is 241 g/mol.